The summed E-state index contributed by atoms with van der Waals surface area (Å²) in [5, 5.41) is 23.7. The van der Waals surface area contributed by atoms with Crippen LogP contribution in [0.2, 0.25) is 0 Å². The first kappa shape index (κ1) is 29.1. The first-order valence-electron chi connectivity index (χ1n) is 12.8. The van der Waals surface area contributed by atoms with E-state index in [9.17, 15) is 19.2 Å². The highest BCUT2D eigenvalue weighted by molar-refractivity contribution is 5.96. The van der Waals surface area contributed by atoms with Crippen LogP contribution in [0.1, 0.15) is 68.0 Å². The number of oxazole rings is 1. The Balaban J connectivity index is 1.73. The second-order valence-corrected chi connectivity index (χ2v) is 9.53. The number of aliphatic carboxylic acids is 1. The zero-order valence-electron chi connectivity index (χ0n) is 22.4. The Bertz CT molecular complexity index is 1310. The third kappa shape index (κ3) is 8.00. The molecule has 3 amide bonds. The second kappa shape index (κ2) is 13.4. The standard InChI is InChI=1S/C27H34N6O6/c1-5-18(6-2)30-25(37)21-12-19(32-33-21)16-8-7-9-17(11-16)27-29-13-22(39-27)26(38)31-20(10-15(3)4)24(36)28-14-23(34)35/h7-9,11-13,15,18,20H,5-6,10,14H2,1-4H3,(H,28,36)(H,30,37)(H,31,38)(H,32,33)(H,34,35)/t20-/m0/s1. The largest absolute Gasteiger partial charge is 0.480 e. The van der Waals surface area contributed by atoms with Gasteiger partial charge >= 0.3 is 5.97 Å². The SMILES string of the molecule is CCC(CC)NC(=O)c1cc(-c2cccc(-c3ncc(C(=O)N[C@@H](CC(C)C)C(=O)NCC(=O)O)o3)c2)n[nH]1. The fourth-order valence-electron chi connectivity index (χ4n) is 3.88. The summed E-state index contributed by atoms with van der Waals surface area (Å²) >= 11 is 0. The van der Waals surface area contributed by atoms with Crippen LogP contribution in [-0.4, -0.2) is 62.6 Å². The predicted octanol–water partition coefficient (Wildman–Crippen LogP) is 3.00. The first-order valence-corrected chi connectivity index (χ1v) is 12.8. The first-order chi connectivity index (χ1) is 18.6. The number of carbonyl (C=O) groups is 4. The summed E-state index contributed by atoms with van der Waals surface area (Å²) in [4.78, 5) is 52.7. The van der Waals surface area contributed by atoms with E-state index < -0.39 is 30.4 Å². The van der Waals surface area contributed by atoms with Crippen LogP contribution in [0, 0.1) is 5.92 Å². The number of benzene rings is 1. The average Bonchev–Trinajstić information content (AvgIpc) is 3.60. The van der Waals surface area contributed by atoms with Crippen molar-refractivity contribution in [2.24, 2.45) is 5.92 Å². The molecule has 0 radical (unpaired) electrons. The average molecular weight is 539 g/mol. The number of H-pyrrole nitrogens is 1. The maximum absolute atomic E-state index is 12.8. The van der Waals surface area contributed by atoms with Gasteiger partial charge in [0.15, 0.2) is 0 Å². The Morgan fingerprint density at radius 2 is 1.74 bits per heavy atom. The summed E-state index contributed by atoms with van der Waals surface area (Å²) in [7, 11) is 0. The van der Waals surface area contributed by atoms with Gasteiger partial charge in [-0.25, -0.2) is 4.98 Å². The van der Waals surface area contributed by atoms with Gasteiger partial charge in [-0.15, -0.1) is 0 Å². The van der Waals surface area contributed by atoms with Gasteiger partial charge in [0.1, 0.15) is 18.3 Å². The Kier molecular flexibility index (Phi) is 9.96. The highest BCUT2D eigenvalue weighted by atomic mass is 16.4. The summed E-state index contributed by atoms with van der Waals surface area (Å²) in [6, 6.07) is 7.94. The molecule has 0 aliphatic rings. The van der Waals surface area contributed by atoms with Gasteiger partial charge in [-0.1, -0.05) is 39.8 Å². The fourth-order valence-corrected chi connectivity index (χ4v) is 3.88. The number of nitrogens with one attached hydrogen (secondary N) is 4. The van der Waals surface area contributed by atoms with Crippen molar-refractivity contribution < 1.29 is 28.7 Å². The van der Waals surface area contributed by atoms with Crippen molar-refractivity contribution in [1.82, 2.24) is 31.1 Å². The molecule has 0 saturated heterocycles. The Labute approximate surface area is 226 Å². The van der Waals surface area contributed by atoms with Gasteiger partial charge in [0.05, 0.1) is 11.9 Å². The van der Waals surface area contributed by atoms with Crippen LogP contribution in [0.5, 0.6) is 0 Å². The molecule has 12 nitrogen and oxygen atoms in total. The van der Waals surface area contributed by atoms with E-state index in [0.717, 1.165) is 12.8 Å². The van der Waals surface area contributed by atoms with Crippen molar-refractivity contribution in [2.45, 2.75) is 59.0 Å². The molecule has 12 heteroatoms. The monoisotopic (exact) mass is 538 g/mol. The van der Waals surface area contributed by atoms with Crippen molar-refractivity contribution in [3.8, 4) is 22.7 Å². The molecule has 208 valence electrons. The molecule has 2 aromatic heterocycles. The lowest BCUT2D eigenvalue weighted by molar-refractivity contribution is -0.138. The molecule has 39 heavy (non-hydrogen) atoms. The molecule has 0 aliphatic heterocycles. The summed E-state index contributed by atoms with van der Waals surface area (Å²) in [5.41, 5.74) is 2.19. The minimum Gasteiger partial charge on any atom is -0.480 e. The Morgan fingerprint density at radius 1 is 1.03 bits per heavy atom. The third-order valence-corrected chi connectivity index (χ3v) is 6.02. The Hall–Kier alpha value is -4.48. The lowest BCUT2D eigenvalue weighted by Gasteiger charge is -2.19. The van der Waals surface area contributed by atoms with Crippen molar-refractivity contribution in [3.05, 3.63) is 48.0 Å². The number of carboxylic acid groups (broad SMARTS) is 1. The second-order valence-electron chi connectivity index (χ2n) is 9.53. The molecule has 3 aromatic rings. The minimum atomic E-state index is -1.18. The number of amides is 3. The van der Waals surface area contributed by atoms with Crippen LogP contribution in [-0.2, 0) is 9.59 Å². The fraction of sp³-hybridized carbons (Fsp3) is 0.407. The van der Waals surface area contributed by atoms with Crippen molar-refractivity contribution >= 4 is 23.7 Å². The van der Waals surface area contributed by atoms with Gasteiger partial charge in [-0.3, -0.25) is 24.3 Å². The molecule has 1 atom stereocenters. The molecular weight excluding hydrogens is 504 g/mol. The van der Waals surface area contributed by atoms with E-state index in [2.05, 4.69) is 31.1 Å². The maximum atomic E-state index is 12.8. The summed E-state index contributed by atoms with van der Waals surface area (Å²) in [5.74, 6) is -2.52. The van der Waals surface area contributed by atoms with E-state index in [1.54, 1.807) is 24.3 Å². The normalized spacial score (nSPS) is 11.8. The highest BCUT2D eigenvalue weighted by Gasteiger charge is 2.25. The zero-order valence-corrected chi connectivity index (χ0v) is 22.4. The van der Waals surface area contributed by atoms with Crippen LogP contribution in [0.3, 0.4) is 0 Å². The Morgan fingerprint density at radius 3 is 2.41 bits per heavy atom. The molecule has 5 N–H and O–H groups in total. The van der Waals surface area contributed by atoms with Gasteiger partial charge in [0, 0.05) is 17.2 Å². The van der Waals surface area contributed by atoms with Crippen molar-refractivity contribution in [3.63, 3.8) is 0 Å². The number of hydrogen-bond donors (Lipinski definition) is 5. The van der Waals surface area contributed by atoms with Crippen LogP contribution in [0.15, 0.2) is 40.9 Å². The molecule has 0 aliphatic carbocycles. The molecule has 0 fully saturated rings. The predicted molar refractivity (Wildman–Crippen MR) is 143 cm³/mol. The quantitative estimate of drug-likeness (QED) is 0.220. The molecule has 1 aromatic carbocycles. The lowest BCUT2D eigenvalue weighted by Crippen LogP contribution is -2.48. The van der Waals surface area contributed by atoms with Gasteiger partial charge in [-0.05, 0) is 43.4 Å². The van der Waals surface area contributed by atoms with E-state index in [0.29, 0.717) is 28.9 Å². The number of nitrogens with zero attached hydrogens (tertiary/aromatic N) is 2. The number of carboxylic acids is 1. The zero-order chi connectivity index (χ0) is 28.5. The molecular formula is C27H34N6O6. The number of hydrogen-bond acceptors (Lipinski definition) is 7. The van der Waals surface area contributed by atoms with Crippen molar-refractivity contribution in [1.29, 1.82) is 0 Å². The van der Waals surface area contributed by atoms with E-state index in [1.165, 1.54) is 6.20 Å². The number of rotatable bonds is 13. The molecule has 0 unspecified atom stereocenters. The maximum Gasteiger partial charge on any atom is 0.322 e. The highest BCUT2D eigenvalue weighted by Crippen LogP contribution is 2.26. The number of carbonyl (C=O) groups excluding carboxylic acids is 3. The molecule has 0 bridgehead atoms. The smallest absolute Gasteiger partial charge is 0.322 e. The molecule has 2 heterocycles. The van der Waals surface area contributed by atoms with Gasteiger partial charge in [0.2, 0.25) is 17.6 Å². The third-order valence-electron chi connectivity index (χ3n) is 6.02. The van der Waals surface area contributed by atoms with Gasteiger partial charge in [0.25, 0.3) is 11.8 Å². The van der Waals surface area contributed by atoms with Crippen LogP contribution in [0.25, 0.3) is 22.7 Å². The number of aromatic amines is 1. The van der Waals surface area contributed by atoms with Crippen LogP contribution < -0.4 is 16.0 Å². The lowest BCUT2D eigenvalue weighted by atomic mass is 10.0. The molecule has 0 saturated carbocycles. The number of aromatic nitrogens is 3. The van der Waals surface area contributed by atoms with E-state index in [1.807, 2.05) is 33.8 Å². The van der Waals surface area contributed by atoms with Crippen LogP contribution in [0.4, 0.5) is 0 Å². The van der Waals surface area contributed by atoms with Gasteiger partial charge in [-0.2, -0.15) is 5.10 Å². The summed E-state index contributed by atoms with van der Waals surface area (Å²) in [6.07, 6.45) is 3.23. The van der Waals surface area contributed by atoms with E-state index in [-0.39, 0.29) is 29.5 Å². The molecule has 3 rings (SSSR count). The summed E-state index contributed by atoms with van der Waals surface area (Å²) < 4.78 is 5.68. The topological polar surface area (TPSA) is 179 Å². The van der Waals surface area contributed by atoms with E-state index in [4.69, 9.17) is 9.52 Å². The van der Waals surface area contributed by atoms with Gasteiger partial charge < -0.3 is 25.5 Å². The van der Waals surface area contributed by atoms with Crippen LogP contribution >= 0.6 is 0 Å². The van der Waals surface area contributed by atoms with E-state index >= 15 is 0 Å². The summed E-state index contributed by atoms with van der Waals surface area (Å²) in [6.45, 7) is 7.24. The molecule has 0 spiro atoms. The minimum absolute atomic E-state index is 0.0623. The van der Waals surface area contributed by atoms with Crippen molar-refractivity contribution in [2.75, 3.05) is 6.54 Å².